The third-order valence-electron chi connectivity index (χ3n) is 5.82. The van der Waals surface area contributed by atoms with Crippen LogP contribution in [0.2, 0.25) is 0 Å². The second-order valence-electron chi connectivity index (χ2n) is 7.55. The van der Waals surface area contributed by atoms with Crippen LogP contribution < -0.4 is 4.90 Å². The van der Waals surface area contributed by atoms with Gasteiger partial charge in [0.25, 0.3) is 0 Å². The van der Waals surface area contributed by atoms with E-state index in [-0.39, 0.29) is 6.10 Å². The van der Waals surface area contributed by atoms with Crippen LogP contribution in [0.4, 0.5) is 5.13 Å². The standard InChI is InChI=1S/C18H29N3O2S/c22-16(13-23-17-4-2-1-3-5-17)12-21-14-6-7-15(21)11-20(10-14)18-19-8-9-24-18/h8-9,14-17,22H,1-7,10-13H2/t14-,15+,16?. The number of aliphatic hydroxyl groups excluding tert-OH is 1. The molecule has 3 fully saturated rings. The minimum Gasteiger partial charge on any atom is -0.389 e. The van der Waals surface area contributed by atoms with E-state index in [0.29, 0.717) is 24.8 Å². The number of nitrogens with zero attached hydrogens (tertiary/aromatic N) is 3. The van der Waals surface area contributed by atoms with Crippen LogP contribution in [0.5, 0.6) is 0 Å². The van der Waals surface area contributed by atoms with Gasteiger partial charge in [-0.1, -0.05) is 19.3 Å². The van der Waals surface area contributed by atoms with Crippen LogP contribution in [0, 0.1) is 0 Å². The first-order valence-corrected chi connectivity index (χ1v) is 10.4. The number of hydrogen-bond donors (Lipinski definition) is 1. The maximum Gasteiger partial charge on any atom is 0.185 e. The lowest BCUT2D eigenvalue weighted by molar-refractivity contribution is -0.0389. The third-order valence-corrected chi connectivity index (χ3v) is 6.65. The lowest BCUT2D eigenvalue weighted by Gasteiger charge is -2.41. The van der Waals surface area contributed by atoms with Gasteiger partial charge in [0, 0.05) is 43.3 Å². The Hall–Kier alpha value is -0.690. The smallest absolute Gasteiger partial charge is 0.185 e. The molecule has 4 rings (SSSR count). The van der Waals surface area contributed by atoms with Crippen molar-refractivity contribution in [3.63, 3.8) is 0 Å². The Morgan fingerprint density at radius 3 is 2.58 bits per heavy atom. The molecule has 1 N–H and O–H groups in total. The molecule has 1 aliphatic carbocycles. The van der Waals surface area contributed by atoms with Gasteiger partial charge in [0.15, 0.2) is 5.13 Å². The van der Waals surface area contributed by atoms with Crippen LogP contribution in [-0.4, -0.2) is 65.5 Å². The first kappa shape index (κ1) is 16.8. The number of fused-ring (bicyclic) bond motifs is 2. The number of thiazole rings is 1. The summed E-state index contributed by atoms with van der Waals surface area (Å²) >= 11 is 1.73. The lowest BCUT2D eigenvalue weighted by Crippen LogP contribution is -2.56. The normalized spacial score (nSPS) is 30.0. The molecule has 1 saturated carbocycles. The molecule has 1 aromatic rings. The van der Waals surface area contributed by atoms with Gasteiger partial charge < -0.3 is 14.7 Å². The lowest BCUT2D eigenvalue weighted by atomic mass is 9.98. The zero-order valence-corrected chi connectivity index (χ0v) is 15.2. The Morgan fingerprint density at radius 2 is 1.92 bits per heavy atom. The molecule has 0 aromatic carbocycles. The predicted octanol–water partition coefficient (Wildman–Crippen LogP) is 2.51. The molecule has 1 aromatic heterocycles. The SMILES string of the molecule is OC(COC1CCCCC1)CN1[C@@H]2CC[C@H]1CN(c1nccs1)C2. The number of ether oxygens (including phenoxy) is 1. The van der Waals surface area contributed by atoms with Crippen LogP contribution in [0.3, 0.4) is 0 Å². The minimum atomic E-state index is -0.360. The Kier molecular flexibility index (Phi) is 5.37. The van der Waals surface area contributed by atoms with E-state index in [1.54, 1.807) is 11.3 Å². The highest BCUT2D eigenvalue weighted by Crippen LogP contribution is 2.33. The average molecular weight is 352 g/mol. The van der Waals surface area contributed by atoms with E-state index < -0.39 is 0 Å². The van der Waals surface area contributed by atoms with Crippen LogP contribution in [0.25, 0.3) is 0 Å². The quantitative estimate of drug-likeness (QED) is 0.853. The Labute approximate surface area is 148 Å². The van der Waals surface area contributed by atoms with Crippen molar-refractivity contribution >= 4 is 16.5 Å². The molecule has 3 heterocycles. The minimum absolute atomic E-state index is 0.360. The summed E-state index contributed by atoms with van der Waals surface area (Å²) in [6.07, 6.45) is 10.6. The van der Waals surface area contributed by atoms with E-state index in [9.17, 15) is 5.11 Å². The summed E-state index contributed by atoms with van der Waals surface area (Å²) < 4.78 is 5.96. The summed E-state index contributed by atoms with van der Waals surface area (Å²) in [7, 11) is 0. The summed E-state index contributed by atoms with van der Waals surface area (Å²) in [5.74, 6) is 0. The van der Waals surface area contributed by atoms with Crippen molar-refractivity contribution in [2.45, 2.75) is 69.2 Å². The number of piperazine rings is 1. The first-order chi connectivity index (χ1) is 11.8. The summed E-state index contributed by atoms with van der Waals surface area (Å²) in [6, 6.07) is 1.11. The fourth-order valence-corrected chi connectivity index (χ4v) is 5.25. The molecule has 3 aliphatic rings. The molecule has 2 aliphatic heterocycles. The van der Waals surface area contributed by atoms with Gasteiger partial charge in [0.05, 0.1) is 18.8 Å². The Balaban J connectivity index is 1.26. The van der Waals surface area contributed by atoms with E-state index >= 15 is 0 Å². The van der Waals surface area contributed by atoms with E-state index in [4.69, 9.17) is 4.74 Å². The van der Waals surface area contributed by atoms with Crippen molar-refractivity contribution in [2.75, 3.05) is 31.1 Å². The van der Waals surface area contributed by atoms with Gasteiger partial charge in [-0.3, -0.25) is 4.90 Å². The van der Waals surface area contributed by atoms with Gasteiger partial charge >= 0.3 is 0 Å². The number of rotatable bonds is 6. The van der Waals surface area contributed by atoms with Crippen LogP contribution in [-0.2, 0) is 4.74 Å². The van der Waals surface area contributed by atoms with Gasteiger partial charge in [-0.25, -0.2) is 4.98 Å². The molecule has 24 heavy (non-hydrogen) atoms. The molecule has 0 amide bonds. The van der Waals surface area contributed by atoms with Crippen molar-refractivity contribution in [3.8, 4) is 0 Å². The predicted molar refractivity (Wildman–Crippen MR) is 96.7 cm³/mol. The maximum atomic E-state index is 10.5. The molecule has 2 saturated heterocycles. The van der Waals surface area contributed by atoms with Gasteiger partial charge in [0.2, 0.25) is 0 Å². The molecule has 134 valence electrons. The highest BCUT2D eigenvalue weighted by molar-refractivity contribution is 7.13. The van der Waals surface area contributed by atoms with Crippen molar-refractivity contribution in [3.05, 3.63) is 11.6 Å². The molecule has 0 spiro atoms. The zero-order valence-electron chi connectivity index (χ0n) is 14.3. The fraction of sp³-hybridized carbons (Fsp3) is 0.833. The summed E-state index contributed by atoms with van der Waals surface area (Å²) in [5.41, 5.74) is 0. The van der Waals surface area contributed by atoms with Crippen molar-refractivity contribution in [1.29, 1.82) is 0 Å². The first-order valence-electron chi connectivity index (χ1n) is 9.49. The van der Waals surface area contributed by atoms with Gasteiger partial charge in [-0.05, 0) is 25.7 Å². The van der Waals surface area contributed by atoms with Crippen molar-refractivity contribution in [1.82, 2.24) is 9.88 Å². The van der Waals surface area contributed by atoms with Gasteiger partial charge in [-0.2, -0.15) is 0 Å². The topological polar surface area (TPSA) is 48.8 Å². The molecule has 6 heteroatoms. The molecular formula is C18H29N3O2S. The van der Waals surface area contributed by atoms with E-state index in [1.807, 2.05) is 6.20 Å². The maximum absolute atomic E-state index is 10.5. The number of anilines is 1. The zero-order chi connectivity index (χ0) is 16.4. The molecule has 5 nitrogen and oxygen atoms in total. The van der Waals surface area contributed by atoms with Crippen LogP contribution in [0.15, 0.2) is 11.6 Å². The number of aliphatic hydroxyl groups is 1. The molecule has 1 unspecified atom stereocenters. The monoisotopic (exact) mass is 351 g/mol. The second-order valence-corrected chi connectivity index (χ2v) is 8.42. The average Bonchev–Trinajstić information content (AvgIpc) is 3.21. The van der Waals surface area contributed by atoms with Crippen LogP contribution >= 0.6 is 11.3 Å². The van der Waals surface area contributed by atoms with Crippen molar-refractivity contribution < 1.29 is 9.84 Å². The number of hydrogen-bond acceptors (Lipinski definition) is 6. The largest absolute Gasteiger partial charge is 0.389 e. The number of aromatic nitrogens is 1. The second kappa shape index (κ2) is 7.68. The van der Waals surface area contributed by atoms with Crippen LogP contribution in [0.1, 0.15) is 44.9 Å². The van der Waals surface area contributed by atoms with Gasteiger partial charge in [-0.15, -0.1) is 11.3 Å². The van der Waals surface area contributed by atoms with E-state index in [0.717, 1.165) is 24.8 Å². The summed E-state index contributed by atoms with van der Waals surface area (Å²) in [4.78, 5) is 9.41. The fourth-order valence-electron chi connectivity index (χ4n) is 4.59. The highest BCUT2D eigenvalue weighted by atomic mass is 32.1. The Morgan fingerprint density at radius 1 is 1.17 bits per heavy atom. The Bertz CT molecular complexity index is 492. The summed E-state index contributed by atoms with van der Waals surface area (Å²) in [6.45, 7) is 3.34. The molecule has 2 bridgehead atoms. The summed E-state index contributed by atoms with van der Waals surface area (Å²) in [5, 5.41) is 13.7. The van der Waals surface area contributed by atoms with Gasteiger partial charge in [0.1, 0.15) is 0 Å². The van der Waals surface area contributed by atoms with Crippen molar-refractivity contribution in [2.24, 2.45) is 0 Å². The molecular weight excluding hydrogens is 322 g/mol. The highest BCUT2D eigenvalue weighted by Gasteiger charge is 2.41. The molecule has 0 radical (unpaired) electrons. The molecule has 3 atom stereocenters. The third kappa shape index (κ3) is 3.77. The van der Waals surface area contributed by atoms with E-state index in [2.05, 4.69) is 20.2 Å². The van der Waals surface area contributed by atoms with E-state index in [1.165, 1.54) is 44.9 Å².